The van der Waals surface area contributed by atoms with Gasteiger partial charge in [0.25, 0.3) is 5.56 Å². The molecule has 0 saturated heterocycles. The summed E-state index contributed by atoms with van der Waals surface area (Å²) in [5.74, 6) is 0.999. The second-order valence-electron chi connectivity index (χ2n) is 7.00. The number of ether oxygens (including phenoxy) is 2. The molecular formula is C20H23F3N2O3. The molecule has 28 heavy (non-hydrogen) atoms. The molecule has 152 valence electrons. The van der Waals surface area contributed by atoms with Crippen LogP contribution in [0.1, 0.15) is 37.7 Å². The first-order valence-corrected chi connectivity index (χ1v) is 9.25. The third kappa shape index (κ3) is 4.31. The summed E-state index contributed by atoms with van der Waals surface area (Å²) in [7, 11) is 2.92. The van der Waals surface area contributed by atoms with Crippen molar-refractivity contribution in [3.63, 3.8) is 0 Å². The molecule has 1 saturated carbocycles. The summed E-state index contributed by atoms with van der Waals surface area (Å²) >= 11 is 0. The van der Waals surface area contributed by atoms with E-state index in [1.54, 1.807) is 18.2 Å². The molecule has 0 unspecified atom stereocenters. The third-order valence-corrected chi connectivity index (χ3v) is 5.11. The minimum atomic E-state index is -4.75. The number of hydrogen-bond donors (Lipinski definition) is 0. The van der Waals surface area contributed by atoms with Crippen molar-refractivity contribution in [1.29, 1.82) is 0 Å². The Kier molecular flexibility index (Phi) is 5.96. The topological polar surface area (TPSA) is 53.4 Å². The van der Waals surface area contributed by atoms with Gasteiger partial charge in [-0.2, -0.15) is 18.3 Å². The van der Waals surface area contributed by atoms with Crippen molar-refractivity contribution in [2.75, 3.05) is 14.2 Å². The van der Waals surface area contributed by atoms with Crippen LogP contribution in [0, 0.1) is 5.92 Å². The van der Waals surface area contributed by atoms with Gasteiger partial charge in [-0.1, -0.05) is 19.3 Å². The molecule has 0 N–H and O–H groups in total. The second kappa shape index (κ2) is 8.24. The van der Waals surface area contributed by atoms with Crippen LogP contribution in [-0.4, -0.2) is 24.0 Å². The first-order valence-electron chi connectivity index (χ1n) is 9.25. The minimum Gasteiger partial charge on any atom is -0.493 e. The summed E-state index contributed by atoms with van der Waals surface area (Å²) in [6, 6.07) is 5.55. The van der Waals surface area contributed by atoms with Gasteiger partial charge in [0, 0.05) is 12.1 Å². The van der Waals surface area contributed by atoms with E-state index >= 15 is 0 Å². The van der Waals surface area contributed by atoms with Crippen LogP contribution in [0.4, 0.5) is 13.2 Å². The lowest BCUT2D eigenvalue weighted by Gasteiger charge is -2.22. The maximum atomic E-state index is 13.5. The van der Waals surface area contributed by atoms with E-state index in [2.05, 4.69) is 5.10 Å². The number of halogens is 3. The Labute approximate surface area is 161 Å². The first-order chi connectivity index (χ1) is 13.3. The van der Waals surface area contributed by atoms with Crippen molar-refractivity contribution in [1.82, 2.24) is 9.78 Å². The molecule has 0 radical (unpaired) electrons. The van der Waals surface area contributed by atoms with Crippen LogP contribution in [0.3, 0.4) is 0 Å². The Morgan fingerprint density at radius 1 is 1.07 bits per heavy atom. The summed E-state index contributed by atoms with van der Waals surface area (Å²) in [4.78, 5) is 12.4. The van der Waals surface area contributed by atoms with Crippen molar-refractivity contribution in [2.24, 2.45) is 5.92 Å². The Morgan fingerprint density at radius 2 is 1.75 bits per heavy atom. The molecule has 1 heterocycles. The molecule has 2 aromatic rings. The quantitative estimate of drug-likeness (QED) is 0.745. The molecule has 0 amide bonds. The molecule has 0 bridgehead atoms. The smallest absolute Gasteiger partial charge is 0.421 e. The number of methoxy groups -OCH3 is 2. The Hall–Kier alpha value is -2.51. The zero-order valence-electron chi connectivity index (χ0n) is 15.9. The number of benzene rings is 1. The molecule has 1 fully saturated rings. The van der Waals surface area contributed by atoms with E-state index in [0.29, 0.717) is 17.1 Å². The molecule has 0 atom stereocenters. The highest BCUT2D eigenvalue weighted by molar-refractivity contribution is 5.64. The monoisotopic (exact) mass is 396 g/mol. The molecule has 3 rings (SSSR count). The Bertz CT molecular complexity index is 887. The largest absolute Gasteiger partial charge is 0.493 e. The lowest BCUT2D eigenvalue weighted by atomic mass is 9.89. The third-order valence-electron chi connectivity index (χ3n) is 5.11. The summed E-state index contributed by atoms with van der Waals surface area (Å²) in [6.07, 6.45) is 0.228. The molecule has 1 aromatic heterocycles. The van der Waals surface area contributed by atoms with Gasteiger partial charge in [-0.3, -0.25) is 4.79 Å². The van der Waals surface area contributed by atoms with Gasteiger partial charge in [-0.25, -0.2) is 4.68 Å². The predicted octanol–water partition coefficient (Wildman–Crippen LogP) is 4.53. The fourth-order valence-corrected chi connectivity index (χ4v) is 3.62. The normalized spacial score (nSPS) is 15.5. The molecular weight excluding hydrogens is 373 g/mol. The average Bonchev–Trinajstić information content (AvgIpc) is 2.68. The number of rotatable bonds is 5. The lowest BCUT2D eigenvalue weighted by molar-refractivity contribution is -0.139. The van der Waals surface area contributed by atoms with Crippen LogP contribution < -0.4 is 15.0 Å². The van der Waals surface area contributed by atoms with E-state index in [-0.39, 0.29) is 18.2 Å². The standard InChI is InChI=1S/C20H23F3N2O3/c1-27-17-9-8-14(10-18(17)28-2)16-11-15(20(21,22)23)19(26)25(24-16)12-13-6-4-3-5-7-13/h8-11,13H,3-7,12H2,1-2H3. The Morgan fingerprint density at radius 3 is 2.36 bits per heavy atom. The summed E-state index contributed by atoms with van der Waals surface area (Å²) in [6.45, 7) is 0.197. The van der Waals surface area contributed by atoms with Crippen molar-refractivity contribution >= 4 is 0 Å². The average molecular weight is 396 g/mol. The van der Waals surface area contributed by atoms with E-state index in [9.17, 15) is 18.0 Å². The number of nitrogens with zero attached hydrogens (tertiary/aromatic N) is 2. The van der Waals surface area contributed by atoms with Crippen LogP contribution in [0.5, 0.6) is 11.5 Å². The highest BCUT2D eigenvalue weighted by Crippen LogP contribution is 2.34. The van der Waals surface area contributed by atoms with Crippen LogP contribution >= 0.6 is 0 Å². The molecule has 1 aliphatic rings. The first kappa shape index (κ1) is 20.2. The molecule has 1 aliphatic carbocycles. The van der Waals surface area contributed by atoms with Crippen LogP contribution in [-0.2, 0) is 12.7 Å². The SMILES string of the molecule is COc1ccc(-c2cc(C(F)(F)F)c(=O)n(CC3CCCCC3)n2)cc1OC. The molecule has 5 nitrogen and oxygen atoms in total. The van der Waals surface area contributed by atoms with Gasteiger partial charge in [-0.05, 0) is 43.0 Å². The highest BCUT2D eigenvalue weighted by Gasteiger charge is 2.36. The maximum Gasteiger partial charge on any atom is 0.421 e. The van der Waals surface area contributed by atoms with E-state index < -0.39 is 17.3 Å². The van der Waals surface area contributed by atoms with E-state index in [1.807, 2.05) is 0 Å². The fourth-order valence-electron chi connectivity index (χ4n) is 3.62. The zero-order valence-corrected chi connectivity index (χ0v) is 15.9. The number of hydrogen-bond acceptors (Lipinski definition) is 4. The molecule has 0 spiro atoms. The van der Waals surface area contributed by atoms with Gasteiger partial charge in [0.05, 0.1) is 19.9 Å². The summed E-state index contributed by atoms with van der Waals surface area (Å²) in [5, 5.41) is 4.25. The second-order valence-corrected chi connectivity index (χ2v) is 7.00. The van der Waals surface area contributed by atoms with Crippen LogP contribution in [0.25, 0.3) is 11.3 Å². The van der Waals surface area contributed by atoms with Crippen molar-refractivity contribution < 1.29 is 22.6 Å². The number of alkyl halides is 3. The summed E-state index contributed by atoms with van der Waals surface area (Å²) in [5.41, 5.74) is -1.81. The van der Waals surface area contributed by atoms with Gasteiger partial charge in [0.15, 0.2) is 11.5 Å². The van der Waals surface area contributed by atoms with Crippen LogP contribution in [0.2, 0.25) is 0 Å². The Balaban J connectivity index is 2.08. The summed E-state index contributed by atoms with van der Waals surface area (Å²) < 4.78 is 51.8. The van der Waals surface area contributed by atoms with E-state index in [1.165, 1.54) is 14.2 Å². The zero-order chi connectivity index (χ0) is 20.3. The van der Waals surface area contributed by atoms with Crippen LogP contribution in [0.15, 0.2) is 29.1 Å². The highest BCUT2D eigenvalue weighted by atomic mass is 19.4. The van der Waals surface area contributed by atoms with E-state index in [4.69, 9.17) is 9.47 Å². The van der Waals surface area contributed by atoms with Crippen molar-refractivity contribution in [3.05, 3.63) is 40.2 Å². The molecule has 0 aliphatic heterocycles. The van der Waals surface area contributed by atoms with Crippen molar-refractivity contribution in [2.45, 2.75) is 44.8 Å². The minimum absolute atomic E-state index is 0.0729. The van der Waals surface area contributed by atoms with Gasteiger partial charge >= 0.3 is 6.18 Å². The lowest BCUT2D eigenvalue weighted by Crippen LogP contribution is -2.33. The number of aromatic nitrogens is 2. The predicted molar refractivity (Wildman–Crippen MR) is 98.6 cm³/mol. The van der Waals surface area contributed by atoms with Gasteiger partial charge < -0.3 is 9.47 Å². The molecule has 8 heteroatoms. The van der Waals surface area contributed by atoms with Crippen molar-refractivity contribution in [3.8, 4) is 22.8 Å². The van der Waals surface area contributed by atoms with E-state index in [0.717, 1.165) is 42.9 Å². The van der Waals surface area contributed by atoms with Gasteiger partial charge in [0.1, 0.15) is 5.56 Å². The van der Waals surface area contributed by atoms with Gasteiger partial charge in [0.2, 0.25) is 0 Å². The van der Waals surface area contributed by atoms with Gasteiger partial charge in [-0.15, -0.1) is 0 Å². The maximum absolute atomic E-state index is 13.5. The fraction of sp³-hybridized carbons (Fsp3) is 0.500. The molecule has 1 aromatic carbocycles.